The van der Waals surface area contributed by atoms with Crippen LogP contribution in [-0.4, -0.2) is 28.2 Å². The first kappa shape index (κ1) is 28.1. The highest BCUT2D eigenvalue weighted by atomic mass is 35.5. The van der Waals surface area contributed by atoms with E-state index in [0.29, 0.717) is 47.6 Å². The van der Waals surface area contributed by atoms with E-state index in [1.807, 2.05) is 42.7 Å². The summed E-state index contributed by atoms with van der Waals surface area (Å²) in [6.07, 6.45) is 9.90. The zero-order chi connectivity index (χ0) is 28.8. The fourth-order valence-electron chi connectivity index (χ4n) is 7.78. The lowest BCUT2D eigenvalue weighted by molar-refractivity contribution is -0.144. The van der Waals surface area contributed by atoms with Gasteiger partial charge in [-0.05, 0) is 109 Å². The van der Waals surface area contributed by atoms with Gasteiger partial charge in [0.05, 0.1) is 6.61 Å². The van der Waals surface area contributed by atoms with Crippen LogP contribution in [0.3, 0.4) is 0 Å². The third-order valence-corrected chi connectivity index (χ3v) is 10.6. The van der Waals surface area contributed by atoms with Gasteiger partial charge in [0.2, 0.25) is 0 Å². The second-order valence-corrected chi connectivity index (χ2v) is 14.0. The summed E-state index contributed by atoms with van der Waals surface area (Å²) in [4.78, 5) is 17.1. The molecule has 2 N–H and O–H groups in total. The maximum absolute atomic E-state index is 12.7. The van der Waals surface area contributed by atoms with Gasteiger partial charge in [-0.15, -0.1) is 0 Å². The highest BCUT2D eigenvalue weighted by molar-refractivity contribution is 6.30. The number of hydrogen-bond donors (Lipinski definition) is 2. The van der Waals surface area contributed by atoms with E-state index in [1.54, 1.807) is 0 Å². The second-order valence-electron chi connectivity index (χ2n) is 13.5. The van der Waals surface area contributed by atoms with E-state index in [1.165, 1.54) is 23.1 Å². The molecule has 0 radical (unpaired) electrons. The summed E-state index contributed by atoms with van der Waals surface area (Å²) in [5.41, 5.74) is 4.15. The van der Waals surface area contributed by atoms with E-state index >= 15 is 0 Å². The fraction of sp³-hybridized carbons (Fsp3) is 0.486. The zero-order valence-electron chi connectivity index (χ0n) is 24.3. The predicted octanol–water partition coefficient (Wildman–Crippen LogP) is 8.27. The smallest absolute Gasteiger partial charge is 0.329 e. The summed E-state index contributed by atoms with van der Waals surface area (Å²) in [6, 6.07) is 18.2. The number of rotatable bonds is 9. The number of aromatic nitrogens is 1. The van der Waals surface area contributed by atoms with E-state index in [9.17, 15) is 9.90 Å². The number of hydrogen-bond acceptors (Lipinski definition) is 4. The van der Waals surface area contributed by atoms with Gasteiger partial charge in [0.15, 0.2) is 0 Å². The van der Waals surface area contributed by atoms with Crippen LogP contribution in [0.4, 0.5) is 5.69 Å². The number of carbonyl (C=O) groups is 1. The first-order chi connectivity index (χ1) is 19.6. The molecular weight excluding hydrogens is 532 g/mol. The van der Waals surface area contributed by atoms with Crippen molar-refractivity contribution in [1.29, 1.82) is 0 Å². The van der Waals surface area contributed by atoms with Gasteiger partial charge >= 0.3 is 5.97 Å². The molecule has 2 saturated carbocycles. The Balaban J connectivity index is 1.18. The summed E-state index contributed by atoms with van der Waals surface area (Å²) in [5, 5.41) is 14.4. The number of carboxylic acid groups (broad SMARTS) is 1. The number of pyridine rings is 1. The molecule has 3 aliphatic rings. The molecule has 3 aliphatic carbocycles. The normalized spacial score (nSPS) is 28.6. The summed E-state index contributed by atoms with van der Waals surface area (Å²) >= 11 is 6.21. The van der Waals surface area contributed by atoms with Crippen LogP contribution in [0.15, 0.2) is 67.0 Å². The Kier molecular flexibility index (Phi) is 7.30. The molecule has 0 saturated heterocycles. The Hall–Kier alpha value is -3.05. The Bertz CT molecular complexity index is 1430. The van der Waals surface area contributed by atoms with Crippen LogP contribution in [-0.2, 0) is 16.6 Å². The quantitative estimate of drug-likeness (QED) is 0.270. The first-order valence-electron chi connectivity index (χ1n) is 15.0. The molecule has 1 heterocycles. The highest BCUT2D eigenvalue weighted by Crippen LogP contribution is 2.60. The van der Waals surface area contributed by atoms with Crippen LogP contribution < -0.4 is 10.1 Å². The van der Waals surface area contributed by atoms with Crippen molar-refractivity contribution in [3.8, 4) is 5.75 Å². The summed E-state index contributed by atoms with van der Waals surface area (Å²) < 4.78 is 6.46. The van der Waals surface area contributed by atoms with Crippen LogP contribution in [0.25, 0.3) is 0 Å². The fourth-order valence-corrected chi connectivity index (χ4v) is 7.97. The third-order valence-electron chi connectivity index (χ3n) is 10.3. The van der Waals surface area contributed by atoms with Crippen molar-refractivity contribution in [1.82, 2.24) is 4.98 Å². The number of nitrogens with one attached hydrogen (secondary N) is 1. The summed E-state index contributed by atoms with van der Waals surface area (Å²) in [6.45, 7) is 7.58. The molecule has 5 nitrogen and oxygen atoms in total. The van der Waals surface area contributed by atoms with Crippen molar-refractivity contribution in [2.45, 2.75) is 82.6 Å². The number of aliphatic carboxylic acids is 1. The van der Waals surface area contributed by atoms with E-state index in [-0.39, 0.29) is 5.41 Å². The molecule has 0 bridgehead atoms. The standard InChI is InChI=1S/C35H41ClN2O3/c1-23(22-41-31-11-16-37-21-28(31)30-20-33(30,2)3)17-25-18-24-7-4-5-10-29(24)34(25)12-14-35(15-13-34,32(39)40)38-27-9-6-8-26(36)19-27/h4-11,16,19,21,23,25,30,38H,12-15,17-18,20,22H2,1-3H3,(H,39,40)/t23-,25+,30?,34?,35?/m1/s1. The lowest BCUT2D eigenvalue weighted by Crippen LogP contribution is -2.53. The number of anilines is 1. The van der Waals surface area contributed by atoms with Gasteiger partial charge < -0.3 is 15.2 Å². The number of benzene rings is 2. The molecule has 3 atom stereocenters. The summed E-state index contributed by atoms with van der Waals surface area (Å²) in [5.74, 6) is 1.53. The van der Waals surface area contributed by atoms with Gasteiger partial charge in [-0.25, -0.2) is 4.79 Å². The largest absolute Gasteiger partial charge is 0.493 e. The van der Waals surface area contributed by atoms with E-state index < -0.39 is 11.5 Å². The molecule has 0 amide bonds. The highest BCUT2D eigenvalue weighted by Gasteiger charge is 2.54. The monoisotopic (exact) mass is 572 g/mol. The van der Waals surface area contributed by atoms with Gasteiger partial charge in [0.25, 0.3) is 0 Å². The predicted molar refractivity (Wildman–Crippen MR) is 164 cm³/mol. The van der Waals surface area contributed by atoms with Crippen molar-refractivity contribution in [2.24, 2.45) is 17.3 Å². The minimum absolute atomic E-state index is 0.0142. The SMILES string of the molecule is C[C@@H](COc1ccncc1C1CC1(C)C)C[C@H]1Cc2ccccc2C12CCC(Nc1cccc(Cl)c1)(C(=O)O)CC2. The average Bonchev–Trinajstić information content (AvgIpc) is 3.49. The van der Waals surface area contributed by atoms with Gasteiger partial charge in [-0.2, -0.15) is 0 Å². The van der Waals surface area contributed by atoms with E-state index in [2.05, 4.69) is 55.3 Å². The zero-order valence-corrected chi connectivity index (χ0v) is 25.1. The lowest BCUT2D eigenvalue weighted by Gasteiger charge is -2.47. The summed E-state index contributed by atoms with van der Waals surface area (Å²) in [7, 11) is 0. The van der Waals surface area contributed by atoms with Crippen molar-refractivity contribution in [3.05, 3.63) is 88.7 Å². The van der Waals surface area contributed by atoms with Gasteiger partial charge in [0, 0.05) is 28.7 Å². The number of nitrogens with zero attached hydrogens (tertiary/aromatic N) is 1. The lowest BCUT2D eigenvalue weighted by atomic mass is 9.59. The number of halogens is 1. The Morgan fingerprint density at radius 3 is 2.59 bits per heavy atom. The van der Waals surface area contributed by atoms with E-state index in [4.69, 9.17) is 16.3 Å². The Morgan fingerprint density at radius 2 is 1.88 bits per heavy atom. The molecule has 216 valence electrons. The van der Waals surface area contributed by atoms with Crippen LogP contribution >= 0.6 is 11.6 Å². The molecule has 6 heteroatoms. The van der Waals surface area contributed by atoms with Crippen LogP contribution in [0.5, 0.6) is 5.75 Å². The maximum atomic E-state index is 12.7. The topological polar surface area (TPSA) is 71.5 Å². The number of ether oxygens (including phenoxy) is 1. The van der Waals surface area contributed by atoms with E-state index in [0.717, 1.165) is 37.1 Å². The molecule has 6 rings (SSSR count). The molecule has 0 aliphatic heterocycles. The van der Waals surface area contributed by atoms with Crippen molar-refractivity contribution >= 4 is 23.3 Å². The van der Waals surface area contributed by atoms with Crippen molar-refractivity contribution in [2.75, 3.05) is 11.9 Å². The third kappa shape index (κ3) is 5.34. The molecule has 3 aromatic rings. The second kappa shape index (κ2) is 10.7. The minimum atomic E-state index is -0.999. The molecule has 2 fully saturated rings. The van der Waals surface area contributed by atoms with Crippen LogP contribution in [0, 0.1) is 17.3 Å². The number of fused-ring (bicyclic) bond motifs is 2. The Morgan fingerprint density at radius 1 is 1.12 bits per heavy atom. The molecule has 41 heavy (non-hydrogen) atoms. The minimum Gasteiger partial charge on any atom is -0.493 e. The molecular formula is C35H41ClN2O3. The van der Waals surface area contributed by atoms with Crippen molar-refractivity contribution < 1.29 is 14.6 Å². The average molecular weight is 573 g/mol. The van der Waals surface area contributed by atoms with Crippen LogP contribution in [0.2, 0.25) is 5.02 Å². The molecule has 1 aromatic heterocycles. The maximum Gasteiger partial charge on any atom is 0.329 e. The van der Waals surface area contributed by atoms with Crippen molar-refractivity contribution in [3.63, 3.8) is 0 Å². The first-order valence-corrected chi connectivity index (χ1v) is 15.4. The molecule has 1 spiro atoms. The van der Waals surface area contributed by atoms with Gasteiger partial charge in [0.1, 0.15) is 11.3 Å². The Labute approximate surface area is 248 Å². The van der Waals surface area contributed by atoms with Crippen LogP contribution in [0.1, 0.15) is 81.9 Å². The van der Waals surface area contributed by atoms with Gasteiger partial charge in [-0.1, -0.05) is 62.7 Å². The number of carboxylic acids is 1. The van der Waals surface area contributed by atoms with Gasteiger partial charge in [-0.3, -0.25) is 4.98 Å². The molecule has 1 unspecified atom stereocenters. The molecule has 2 aromatic carbocycles.